The molecule has 76 valence electrons. The average molecular weight is 184 g/mol. The maximum absolute atomic E-state index is 5.91. The van der Waals surface area contributed by atoms with Crippen LogP contribution in [0.1, 0.15) is 25.7 Å². The molecule has 0 aromatic heterocycles. The number of hydrogen-bond donors (Lipinski definition) is 1. The SMILES string of the molecule is NC1CCC(N2CCCOCC2)C1. The minimum atomic E-state index is 0.453. The molecule has 3 heteroatoms. The zero-order chi connectivity index (χ0) is 9.10. The highest BCUT2D eigenvalue weighted by Gasteiger charge is 2.27. The fraction of sp³-hybridized carbons (Fsp3) is 1.00. The van der Waals surface area contributed by atoms with Gasteiger partial charge in [0.15, 0.2) is 0 Å². The minimum Gasteiger partial charge on any atom is -0.380 e. The predicted molar refractivity (Wildman–Crippen MR) is 52.6 cm³/mol. The predicted octanol–water partition coefficient (Wildman–Crippen LogP) is 0.588. The van der Waals surface area contributed by atoms with Gasteiger partial charge in [0.25, 0.3) is 0 Å². The number of rotatable bonds is 1. The first-order valence-electron chi connectivity index (χ1n) is 5.43. The van der Waals surface area contributed by atoms with Crippen LogP contribution in [0.25, 0.3) is 0 Å². The smallest absolute Gasteiger partial charge is 0.0593 e. The molecule has 1 saturated carbocycles. The van der Waals surface area contributed by atoms with Gasteiger partial charge in [0.05, 0.1) is 6.61 Å². The van der Waals surface area contributed by atoms with E-state index in [1.54, 1.807) is 0 Å². The molecular weight excluding hydrogens is 164 g/mol. The molecule has 13 heavy (non-hydrogen) atoms. The second kappa shape index (κ2) is 4.40. The van der Waals surface area contributed by atoms with Gasteiger partial charge in [0, 0.05) is 31.8 Å². The fourth-order valence-electron chi connectivity index (χ4n) is 2.45. The normalized spacial score (nSPS) is 37.6. The quantitative estimate of drug-likeness (QED) is 0.648. The Kier molecular flexibility index (Phi) is 3.19. The molecule has 0 aromatic carbocycles. The van der Waals surface area contributed by atoms with Crippen LogP contribution in [0, 0.1) is 0 Å². The lowest BCUT2D eigenvalue weighted by atomic mass is 10.2. The monoisotopic (exact) mass is 184 g/mol. The molecule has 2 rings (SSSR count). The first-order valence-corrected chi connectivity index (χ1v) is 5.43. The summed E-state index contributed by atoms with van der Waals surface area (Å²) >= 11 is 0. The van der Waals surface area contributed by atoms with Crippen LogP contribution in [0.3, 0.4) is 0 Å². The first kappa shape index (κ1) is 9.44. The van der Waals surface area contributed by atoms with Crippen molar-refractivity contribution in [2.75, 3.05) is 26.3 Å². The molecule has 3 nitrogen and oxygen atoms in total. The van der Waals surface area contributed by atoms with E-state index >= 15 is 0 Å². The second-order valence-corrected chi connectivity index (χ2v) is 4.23. The number of nitrogens with two attached hydrogens (primary N) is 1. The van der Waals surface area contributed by atoms with Crippen LogP contribution in [0.4, 0.5) is 0 Å². The maximum Gasteiger partial charge on any atom is 0.0593 e. The van der Waals surface area contributed by atoms with Crippen molar-refractivity contribution in [1.29, 1.82) is 0 Å². The van der Waals surface area contributed by atoms with Crippen LogP contribution >= 0.6 is 0 Å². The van der Waals surface area contributed by atoms with Crippen LogP contribution in [-0.4, -0.2) is 43.3 Å². The van der Waals surface area contributed by atoms with Crippen molar-refractivity contribution in [3.63, 3.8) is 0 Å². The summed E-state index contributed by atoms with van der Waals surface area (Å²) in [5.74, 6) is 0. The van der Waals surface area contributed by atoms with Crippen molar-refractivity contribution < 1.29 is 4.74 Å². The molecule has 2 atom stereocenters. The molecule has 2 N–H and O–H groups in total. The third kappa shape index (κ3) is 2.42. The minimum absolute atomic E-state index is 0.453. The van der Waals surface area contributed by atoms with Crippen LogP contribution in [0.2, 0.25) is 0 Å². The zero-order valence-electron chi connectivity index (χ0n) is 8.24. The van der Waals surface area contributed by atoms with Gasteiger partial charge in [-0.25, -0.2) is 0 Å². The van der Waals surface area contributed by atoms with Gasteiger partial charge in [-0.15, -0.1) is 0 Å². The van der Waals surface area contributed by atoms with Crippen molar-refractivity contribution in [3.8, 4) is 0 Å². The zero-order valence-corrected chi connectivity index (χ0v) is 8.24. The molecule has 2 fully saturated rings. The van der Waals surface area contributed by atoms with E-state index in [2.05, 4.69) is 4.90 Å². The van der Waals surface area contributed by atoms with Gasteiger partial charge in [0.1, 0.15) is 0 Å². The summed E-state index contributed by atoms with van der Waals surface area (Å²) in [5, 5.41) is 0. The van der Waals surface area contributed by atoms with E-state index in [1.807, 2.05) is 0 Å². The molecule has 1 heterocycles. The van der Waals surface area contributed by atoms with E-state index in [0.717, 1.165) is 25.8 Å². The van der Waals surface area contributed by atoms with E-state index in [9.17, 15) is 0 Å². The third-order valence-corrected chi connectivity index (χ3v) is 3.22. The third-order valence-electron chi connectivity index (χ3n) is 3.22. The lowest BCUT2D eigenvalue weighted by molar-refractivity contribution is 0.132. The molecular formula is C10H20N2O. The molecule has 0 spiro atoms. The Balaban J connectivity index is 1.84. The van der Waals surface area contributed by atoms with E-state index in [0.29, 0.717) is 6.04 Å². The molecule has 1 aliphatic carbocycles. The number of hydrogen-bond acceptors (Lipinski definition) is 3. The number of nitrogens with zero attached hydrogens (tertiary/aromatic N) is 1. The molecule has 2 unspecified atom stereocenters. The fourth-order valence-corrected chi connectivity index (χ4v) is 2.45. The van der Waals surface area contributed by atoms with Gasteiger partial charge in [-0.05, 0) is 25.7 Å². The molecule has 2 aliphatic rings. The Hall–Kier alpha value is -0.120. The molecule has 0 radical (unpaired) electrons. The summed E-state index contributed by atoms with van der Waals surface area (Å²) in [6.07, 6.45) is 4.88. The Bertz CT molecular complexity index is 155. The molecule has 0 aromatic rings. The first-order chi connectivity index (χ1) is 6.36. The lowest BCUT2D eigenvalue weighted by Crippen LogP contribution is -2.36. The summed E-state index contributed by atoms with van der Waals surface area (Å²) < 4.78 is 5.44. The van der Waals surface area contributed by atoms with Crippen molar-refractivity contribution >= 4 is 0 Å². The van der Waals surface area contributed by atoms with E-state index in [-0.39, 0.29) is 0 Å². The standard InChI is InChI=1S/C10H20N2O/c11-9-2-3-10(8-9)12-4-1-6-13-7-5-12/h9-10H,1-8,11H2. The Labute approximate surface area is 80.2 Å². The highest BCUT2D eigenvalue weighted by Crippen LogP contribution is 2.23. The van der Waals surface area contributed by atoms with Crippen molar-refractivity contribution in [3.05, 3.63) is 0 Å². The Morgan fingerprint density at radius 1 is 1.15 bits per heavy atom. The van der Waals surface area contributed by atoms with Gasteiger partial charge >= 0.3 is 0 Å². The van der Waals surface area contributed by atoms with Crippen molar-refractivity contribution in [2.45, 2.75) is 37.8 Å². The van der Waals surface area contributed by atoms with Gasteiger partial charge in [-0.3, -0.25) is 4.90 Å². The Morgan fingerprint density at radius 3 is 2.85 bits per heavy atom. The van der Waals surface area contributed by atoms with Gasteiger partial charge in [-0.2, -0.15) is 0 Å². The summed E-state index contributed by atoms with van der Waals surface area (Å²) in [4.78, 5) is 2.57. The molecule has 1 saturated heterocycles. The van der Waals surface area contributed by atoms with E-state index in [1.165, 1.54) is 32.2 Å². The molecule has 0 amide bonds. The van der Waals surface area contributed by atoms with Gasteiger partial charge in [-0.1, -0.05) is 0 Å². The highest BCUT2D eigenvalue weighted by molar-refractivity contribution is 4.85. The summed E-state index contributed by atoms with van der Waals surface area (Å²) in [6.45, 7) is 4.16. The number of ether oxygens (including phenoxy) is 1. The van der Waals surface area contributed by atoms with Crippen LogP contribution < -0.4 is 5.73 Å². The van der Waals surface area contributed by atoms with Crippen LogP contribution in [0.15, 0.2) is 0 Å². The highest BCUT2D eigenvalue weighted by atomic mass is 16.5. The van der Waals surface area contributed by atoms with Crippen LogP contribution in [-0.2, 0) is 4.74 Å². The van der Waals surface area contributed by atoms with Crippen molar-refractivity contribution in [1.82, 2.24) is 4.90 Å². The van der Waals surface area contributed by atoms with Gasteiger partial charge in [0.2, 0.25) is 0 Å². The largest absolute Gasteiger partial charge is 0.380 e. The maximum atomic E-state index is 5.91. The average Bonchev–Trinajstić information content (AvgIpc) is 2.43. The topological polar surface area (TPSA) is 38.5 Å². The second-order valence-electron chi connectivity index (χ2n) is 4.23. The summed E-state index contributed by atoms with van der Waals surface area (Å²) in [7, 11) is 0. The Morgan fingerprint density at radius 2 is 2.08 bits per heavy atom. The van der Waals surface area contributed by atoms with E-state index in [4.69, 9.17) is 10.5 Å². The summed E-state index contributed by atoms with van der Waals surface area (Å²) in [6, 6.07) is 1.20. The lowest BCUT2D eigenvalue weighted by Gasteiger charge is -2.26. The van der Waals surface area contributed by atoms with Crippen molar-refractivity contribution in [2.24, 2.45) is 5.73 Å². The molecule has 0 bridgehead atoms. The summed E-state index contributed by atoms with van der Waals surface area (Å²) in [5.41, 5.74) is 5.91. The van der Waals surface area contributed by atoms with E-state index < -0.39 is 0 Å². The molecule has 1 aliphatic heterocycles. The van der Waals surface area contributed by atoms with Crippen LogP contribution in [0.5, 0.6) is 0 Å². The van der Waals surface area contributed by atoms with Gasteiger partial charge < -0.3 is 10.5 Å².